The van der Waals surface area contributed by atoms with E-state index in [0.717, 1.165) is 51.9 Å². The lowest BCUT2D eigenvalue weighted by molar-refractivity contribution is -0.0791. The van der Waals surface area contributed by atoms with Crippen molar-refractivity contribution >= 4 is 0 Å². The van der Waals surface area contributed by atoms with Crippen LogP contribution in [0, 0.1) is 5.92 Å². The molecule has 3 nitrogen and oxygen atoms in total. The van der Waals surface area contributed by atoms with Gasteiger partial charge in [0.05, 0.1) is 18.3 Å². The molecule has 2 heterocycles. The van der Waals surface area contributed by atoms with Gasteiger partial charge in [-0.1, -0.05) is 43.5 Å². The zero-order chi connectivity index (χ0) is 17.1. The number of benzene rings is 1. The van der Waals surface area contributed by atoms with E-state index < -0.39 is 0 Å². The van der Waals surface area contributed by atoms with Gasteiger partial charge in [0.25, 0.3) is 0 Å². The van der Waals surface area contributed by atoms with Crippen LogP contribution in [-0.4, -0.2) is 35.7 Å². The molecule has 1 N–H and O–H groups in total. The fraction of sp³-hybridized carbons (Fsp3) is 0.727. The summed E-state index contributed by atoms with van der Waals surface area (Å²) in [6.07, 6.45) is 10.7. The third kappa shape index (κ3) is 3.79. The predicted molar refractivity (Wildman–Crippen MR) is 100 cm³/mol. The van der Waals surface area contributed by atoms with Crippen molar-refractivity contribution < 1.29 is 9.84 Å². The first kappa shape index (κ1) is 17.5. The molecule has 2 fully saturated rings. The van der Waals surface area contributed by atoms with Crippen molar-refractivity contribution in [3.8, 4) is 0 Å². The molecule has 1 atom stereocenters. The third-order valence-electron chi connectivity index (χ3n) is 6.84. The molecular weight excluding hydrogens is 310 g/mol. The Balaban J connectivity index is 1.22. The number of ether oxygens (including phenoxy) is 1. The number of aliphatic hydroxyl groups excluding tert-OH is 1. The van der Waals surface area contributed by atoms with Crippen LogP contribution in [0.25, 0.3) is 0 Å². The second kappa shape index (κ2) is 7.77. The number of aliphatic hydroxyl groups is 1. The molecule has 2 aliphatic heterocycles. The summed E-state index contributed by atoms with van der Waals surface area (Å²) in [6.45, 7) is 4.15. The van der Waals surface area contributed by atoms with E-state index in [1.54, 1.807) is 0 Å². The molecule has 25 heavy (non-hydrogen) atoms. The van der Waals surface area contributed by atoms with Gasteiger partial charge in [0, 0.05) is 13.1 Å². The molecule has 4 rings (SSSR count). The van der Waals surface area contributed by atoms with Crippen LogP contribution in [0.2, 0.25) is 0 Å². The van der Waals surface area contributed by atoms with Gasteiger partial charge >= 0.3 is 0 Å². The van der Waals surface area contributed by atoms with Crippen LogP contribution in [0.3, 0.4) is 0 Å². The summed E-state index contributed by atoms with van der Waals surface area (Å²) in [5, 5.41) is 10.4. The third-order valence-corrected chi connectivity index (χ3v) is 6.84. The average molecular weight is 344 g/mol. The van der Waals surface area contributed by atoms with Gasteiger partial charge in [0.1, 0.15) is 0 Å². The molecule has 1 saturated carbocycles. The van der Waals surface area contributed by atoms with E-state index in [1.807, 2.05) is 0 Å². The first-order valence-electron chi connectivity index (χ1n) is 10.4. The number of rotatable bonds is 5. The lowest BCUT2D eigenvalue weighted by Crippen LogP contribution is -2.43. The van der Waals surface area contributed by atoms with Gasteiger partial charge in [-0.3, -0.25) is 0 Å². The lowest BCUT2D eigenvalue weighted by atomic mass is 9.83. The Labute approximate surface area is 152 Å². The minimum atomic E-state index is -0.0681. The molecule has 1 aromatic carbocycles. The number of hydrogen-bond acceptors (Lipinski definition) is 3. The SMILES string of the molecule is OC(CCCN1CCC2(CC1)OCc1ccccc12)C1CCCCC1. The highest BCUT2D eigenvalue weighted by Gasteiger charge is 2.42. The fourth-order valence-electron chi connectivity index (χ4n) is 5.21. The summed E-state index contributed by atoms with van der Waals surface area (Å²) in [6, 6.07) is 8.74. The molecular formula is C22H33NO2. The van der Waals surface area contributed by atoms with Gasteiger partial charge in [0.15, 0.2) is 0 Å². The van der Waals surface area contributed by atoms with Crippen LogP contribution in [0.4, 0.5) is 0 Å². The molecule has 1 aromatic rings. The summed E-state index contributed by atoms with van der Waals surface area (Å²) < 4.78 is 6.26. The van der Waals surface area contributed by atoms with E-state index in [-0.39, 0.29) is 11.7 Å². The van der Waals surface area contributed by atoms with Crippen LogP contribution in [0.15, 0.2) is 24.3 Å². The van der Waals surface area contributed by atoms with Crippen LogP contribution < -0.4 is 0 Å². The number of piperidine rings is 1. The maximum atomic E-state index is 10.4. The highest BCUT2D eigenvalue weighted by atomic mass is 16.5. The van der Waals surface area contributed by atoms with E-state index in [1.165, 1.54) is 43.2 Å². The number of fused-ring (bicyclic) bond motifs is 2. The summed E-state index contributed by atoms with van der Waals surface area (Å²) in [5.41, 5.74) is 2.79. The molecule has 1 aliphatic carbocycles. The molecule has 1 saturated heterocycles. The van der Waals surface area contributed by atoms with Crippen molar-refractivity contribution in [1.29, 1.82) is 0 Å². The number of nitrogens with zero attached hydrogens (tertiary/aromatic N) is 1. The first-order chi connectivity index (χ1) is 12.3. The molecule has 1 unspecified atom stereocenters. The van der Waals surface area contributed by atoms with Crippen molar-refractivity contribution in [2.75, 3.05) is 19.6 Å². The Hall–Kier alpha value is -0.900. The van der Waals surface area contributed by atoms with E-state index in [0.29, 0.717) is 5.92 Å². The van der Waals surface area contributed by atoms with Crippen LogP contribution in [0.1, 0.15) is 68.9 Å². The maximum Gasteiger partial charge on any atom is 0.0963 e. The van der Waals surface area contributed by atoms with Crippen molar-refractivity contribution in [2.24, 2.45) is 5.92 Å². The van der Waals surface area contributed by atoms with Gasteiger partial charge in [-0.2, -0.15) is 0 Å². The van der Waals surface area contributed by atoms with Gasteiger partial charge in [-0.25, -0.2) is 0 Å². The topological polar surface area (TPSA) is 32.7 Å². The molecule has 0 aromatic heterocycles. The molecule has 0 amide bonds. The monoisotopic (exact) mass is 343 g/mol. The summed E-state index contributed by atoms with van der Waals surface area (Å²) in [4.78, 5) is 2.57. The highest BCUT2D eigenvalue weighted by Crippen LogP contribution is 2.44. The largest absolute Gasteiger partial charge is 0.393 e. The quantitative estimate of drug-likeness (QED) is 0.868. The van der Waals surface area contributed by atoms with E-state index in [2.05, 4.69) is 29.2 Å². The fourth-order valence-corrected chi connectivity index (χ4v) is 5.21. The smallest absolute Gasteiger partial charge is 0.0963 e. The average Bonchev–Trinajstić information content (AvgIpc) is 3.03. The summed E-state index contributed by atoms with van der Waals surface area (Å²) in [5.74, 6) is 0.571. The van der Waals surface area contributed by atoms with Crippen molar-refractivity contribution in [1.82, 2.24) is 4.90 Å². The Morgan fingerprint density at radius 1 is 1.12 bits per heavy atom. The molecule has 0 radical (unpaired) electrons. The highest BCUT2D eigenvalue weighted by molar-refractivity contribution is 5.35. The van der Waals surface area contributed by atoms with Gasteiger partial charge < -0.3 is 14.7 Å². The van der Waals surface area contributed by atoms with E-state index >= 15 is 0 Å². The van der Waals surface area contributed by atoms with Crippen molar-refractivity contribution in [2.45, 2.75) is 76.1 Å². The summed E-state index contributed by atoms with van der Waals surface area (Å²) >= 11 is 0. The maximum absolute atomic E-state index is 10.4. The normalized spacial score (nSPS) is 25.2. The molecule has 138 valence electrons. The van der Waals surface area contributed by atoms with Gasteiger partial charge in [-0.05, 0) is 62.1 Å². The van der Waals surface area contributed by atoms with Crippen molar-refractivity contribution in [3.63, 3.8) is 0 Å². The number of hydrogen-bond donors (Lipinski definition) is 1. The Bertz CT molecular complexity index is 559. The molecule has 3 heteroatoms. The Morgan fingerprint density at radius 3 is 2.68 bits per heavy atom. The Kier molecular flexibility index (Phi) is 5.44. The van der Waals surface area contributed by atoms with Crippen LogP contribution in [0.5, 0.6) is 0 Å². The zero-order valence-electron chi connectivity index (χ0n) is 15.5. The molecule has 1 spiro atoms. The Morgan fingerprint density at radius 2 is 1.88 bits per heavy atom. The molecule has 0 bridgehead atoms. The second-order valence-corrected chi connectivity index (χ2v) is 8.39. The minimum Gasteiger partial charge on any atom is -0.393 e. The van der Waals surface area contributed by atoms with Gasteiger partial charge in [-0.15, -0.1) is 0 Å². The predicted octanol–water partition coefficient (Wildman–Crippen LogP) is 4.23. The van der Waals surface area contributed by atoms with Crippen LogP contribution in [-0.2, 0) is 16.9 Å². The lowest BCUT2D eigenvalue weighted by Gasteiger charge is -2.39. The van der Waals surface area contributed by atoms with E-state index in [9.17, 15) is 5.11 Å². The number of likely N-dealkylation sites (tertiary alicyclic amines) is 1. The van der Waals surface area contributed by atoms with E-state index in [4.69, 9.17) is 4.74 Å². The minimum absolute atomic E-state index is 0.0191. The van der Waals surface area contributed by atoms with Gasteiger partial charge in [0.2, 0.25) is 0 Å². The summed E-state index contributed by atoms with van der Waals surface area (Å²) in [7, 11) is 0. The standard InChI is InChI=1S/C22H33NO2/c24-21(18-7-2-1-3-8-18)11-6-14-23-15-12-22(13-16-23)20-10-5-4-9-19(20)17-25-22/h4-5,9-10,18,21,24H,1-3,6-8,11-17H2. The first-order valence-corrected chi connectivity index (χ1v) is 10.4. The second-order valence-electron chi connectivity index (χ2n) is 8.39. The van der Waals surface area contributed by atoms with Crippen molar-refractivity contribution in [3.05, 3.63) is 35.4 Å². The zero-order valence-corrected chi connectivity index (χ0v) is 15.5. The van der Waals surface area contributed by atoms with Crippen LogP contribution >= 0.6 is 0 Å². The molecule has 3 aliphatic rings.